The van der Waals surface area contributed by atoms with E-state index < -0.39 is 0 Å². The van der Waals surface area contributed by atoms with Crippen molar-refractivity contribution in [2.75, 3.05) is 31.0 Å². The second-order valence-corrected chi connectivity index (χ2v) is 5.12. The van der Waals surface area contributed by atoms with Crippen molar-refractivity contribution in [2.24, 2.45) is 0 Å². The summed E-state index contributed by atoms with van der Waals surface area (Å²) < 4.78 is 10.8. The van der Waals surface area contributed by atoms with Gasteiger partial charge in [0.2, 0.25) is 11.9 Å². The molecule has 0 radical (unpaired) electrons. The molecule has 0 bridgehead atoms. The molecule has 8 nitrogen and oxygen atoms in total. The predicted octanol–water partition coefficient (Wildman–Crippen LogP) is 1.13. The van der Waals surface area contributed by atoms with Crippen LogP contribution in [0.15, 0.2) is 18.2 Å². The number of carbonyl (C=O) groups is 1. The number of hydrogen-bond acceptors (Lipinski definition) is 7. The van der Waals surface area contributed by atoms with E-state index in [2.05, 4.69) is 15.3 Å². The summed E-state index contributed by atoms with van der Waals surface area (Å²) in [5.74, 6) is 1.20. The van der Waals surface area contributed by atoms with Crippen LogP contribution in [0.1, 0.15) is 23.5 Å². The molecule has 1 aliphatic rings. The van der Waals surface area contributed by atoms with Crippen molar-refractivity contribution in [2.45, 2.75) is 12.3 Å². The maximum absolute atomic E-state index is 12.1. The highest BCUT2D eigenvalue weighted by Gasteiger charge is 2.33. The summed E-state index contributed by atoms with van der Waals surface area (Å²) >= 11 is 0. The van der Waals surface area contributed by atoms with Gasteiger partial charge in [0.25, 0.3) is 0 Å². The van der Waals surface area contributed by atoms with Crippen molar-refractivity contribution >= 4 is 23.5 Å². The molecule has 1 aromatic heterocycles. The number of para-hydroxylation sites is 1. The third-order valence-electron chi connectivity index (χ3n) is 3.80. The molecular weight excluding hydrogens is 298 g/mol. The third kappa shape index (κ3) is 2.48. The van der Waals surface area contributed by atoms with E-state index in [0.29, 0.717) is 22.9 Å². The van der Waals surface area contributed by atoms with Crippen LogP contribution in [0.3, 0.4) is 0 Å². The average Bonchev–Trinajstić information content (AvgIpc) is 2.52. The van der Waals surface area contributed by atoms with Crippen LogP contribution in [0, 0.1) is 0 Å². The highest BCUT2D eigenvalue weighted by molar-refractivity contribution is 5.95. The van der Waals surface area contributed by atoms with Crippen molar-refractivity contribution in [3.63, 3.8) is 0 Å². The first-order chi connectivity index (χ1) is 11.0. The SMILES string of the molecule is COc1cccc(C2CC(=O)Nc3nc(N)nc(N)c32)c1OC. The van der Waals surface area contributed by atoms with Gasteiger partial charge in [0.05, 0.1) is 14.2 Å². The van der Waals surface area contributed by atoms with Gasteiger partial charge >= 0.3 is 0 Å². The lowest BCUT2D eigenvalue weighted by molar-refractivity contribution is -0.116. The molecule has 0 saturated carbocycles. The van der Waals surface area contributed by atoms with Crippen LogP contribution in [-0.4, -0.2) is 30.1 Å². The molecule has 1 amide bonds. The Hall–Kier alpha value is -3.03. The van der Waals surface area contributed by atoms with Crippen molar-refractivity contribution in [3.05, 3.63) is 29.3 Å². The summed E-state index contributed by atoms with van der Waals surface area (Å²) in [5.41, 5.74) is 13.0. The maximum Gasteiger partial charge on any atom is 0.226 e. The summed E-state index contributed by atoms with van der Waals surface area (Å²) in [5, 5.41) is 2.69. The van der Waals surface area contributed by atoms with Crippen LogP contribution in [0.25, 0.3) is 0 Å². The van der Waals surface area contributed by atoms with Crippen LogP contribution in [-0.2, 0) is 4.79 Å². The molecule has 0 spiro atoms. The highest BCUT2D eigenvalue weighted by atomic mass is 16.5. The number of nitrogen functional groups attached to an aromatic ring is 2. The predicted molar refractivity (Wildman–Crippen MR) is 85.5 cm³/mol. The minimum Gasteiger partial charge on any atom is -0.493 e. The van der Waals surface area contributed by atoms with E-state index in [0.717, 1.165) is 5.56 Å². The number of nitrogens with zero attached hydrogens (tertiary/aromatic N) is 2. The summed E-state index contributed by atoms with van der Waals surface area (Å²) in [6.07, 6.45) is 0.202. The Bertz CT molecular complexity index is 778. The molecule has 1 atom stereocenters. The van der Waals surface area contributed by atoms with Crippen LogP contribution >= 0.6 is 0 Å². The fraction of sp³-hybridized carbons (Fsp3) is 0.267. The van der Waals surface area contributed by atoms with E-state index >= 15 is 0 Å². The molecule has 5 N–H and O–H groups in total. The minimum atomic E-state index is -0.343. The Morgan fingerprint density at radius 2 is 2.00 bits per heavy atom. The molecule has 1 aromatic carbocycles. The average molecular weight is 315 g/mol. The molecule has 1 unspecified atom stereocenters. The Morgan fingerprint density at radius 3 is 2.70 bits per heavy atom. The van der Waals surface area contributed by atoms with Gasteiger partial charge in [-0.1, -0.05) is 12.1 Å². The van der Waals surface area contributed by atoms with Crippen molar-refractivity contribution in [3.8, 4) is 11.5 Å². The number of anilines is 3. The van der Waals surface area contributed by atoms with Gasteiger partial charge in [0, 0.05) is 23.5 Å². The van der Waals surface area contributed by atoms with E-state index in [1.165, 1.54) is 0 Å². The number of nitrogens with one attached hydrogen (secondary N) is 1. The van der Waals surface area contributed by atoms with Gasteiger partial charge in [-0.25, -0.2) is 0 Å². The lowest BCUT2D eigenvalue weighted by Gasteiger charge is -2.27. The summed E-state index contributed by atoms with van der Waals surface area (Å²) in [4.78, 5) is 20.1. The second-order valence-electron chi connectivity index (χ2n) is 5.12. The molecule has 0 fully saturated rings. The molecule has 23 heavy (non-hydrogen) atoms. The van der Waals surface area contributed by atoms with Gasteiger partial charge < -0.3 is 26.3 Å². The zero-order chi connectivity index (χ0) is 16.6. The minimum absolute atomic E-state index is 0.0137. The quantitative estimate of drug-likeness (QED) is 0.775. The first kappa shape index (κ1) is 14.9. The molecule has 2 aromatic rings. The monoisotopic (exact) mass is 315 g/mol. The summed E-state index contributed by atoms with van der Waals surface area (Å²) in [6, 6.07) is 5.48. The fourth-order valence-corrected chi connectivity index (χ4v) is 2.87. The number of ether oxygens (including phenoxy) is 2. The molecule has 2 heterocycles. The Kier molecular flexibility index (Phi) is 3.65. The lowest BCUT2D eigenvalue weighted by atomic mass is 9.85. The Morgan fingerprint density at radius 1 is 1.22 bits per heavy atom. The molecule has 0 saturated heterocycles. The van der Waals surface area contributed by atoms with Crippen LogP contribution in [0.4, 0.5) is 17.6 Å². The summed E-state index contributed by atoms with van der Waals surface area (Å²) in [7, 11) is 3.11. The topological polar surface area (TPSA) is 125 Å². The number of nitrogens with two attached hydrogens (primary N) is 2. The van der Waals surface area contributed by atoms with Gasteiger partial charge in [-0.15, -0.1) is 0 Å². The Labute approximate surface area is 132 Å². The van der Waals surface area contributed by atoms with Crippen molar-refractivity contribution < 1.29 is 14.3 Å². The van der Waals surface area contributed by atoms with Crippen LogP contribution in [0.2, 0.25) is 0 Å². The molecule has 1 aliphatic heterocycles. The number of amides is 1. The van der Waals surface area contributed by atoms with E-state index in [1.54, 1.807) is 20.3 Å². The largest absolute Gasteiger partial charge is 0.493 e. The molecule has 120 valence electrons. The zero-order valence-corrected chi connectivity index (χ0v) is 12.8. The van der Waals surface area contributed by atoms with E-state index in [-0.39, 0.29) is 30.0 Å². The van der Waals surface area contributed by atoms with Crippen LogP contribution in [0.5, 0.6) is 11.5 Å². The maximum atomic E-state index is 12.1. The Balaban J connectivity index is 2.21. The highest BCUT2D eigenvalue weighted by Crippen LogP contribution is 2.45. The molecule has 0 aliphatic carbocycles. The standard InChI is InChI=1S/C15H17N5O3/c1-22-9-5-3-4-7(12(9)23-2)8-6-10(21)18-14-11(8)13(16)19-15(17)20-14/h3-5,8H,6H2,1-2H3,(H5,16,17,18,19,20,21). The molecular formula is C15H17N5O3. The van der Waals surface area contributed by atoms with Gasteiger partial charge in [-0.3, -0.25) is 4.79 Å². The van der Waals surface area contributed by atoms with Gasteiger partial charge in [0.15, 0.2) is 11.5 Å². The fourth-order valence-electron chi connectivity index (χ4n) is 2.87. The first-order valence-corrected chi connectivity index (χ1v) is 6.98. The van der Waals surface area contributed by atoms with E-state index in [1.807, 2.05) is 12.1 Å². The number of carbonyl (C=O) groups excluding carboxylic acids is 1. The second kappa shape index (κ2) is 5.64. The number of aromatic nitrogens is 2. The number of methoxy groups -OCH3 is 2. The normalized spacial score (nSPS) is 16.4. The van der Waals surface area contributed by atoms with Crippen LogP contribution < -0.4 is 26.3 Å². The van der Waals surface area contributed by atoms with E-state index in [9.17, 15) is 4.79 Å². The number of rotatable bonds is 3. The lowest BCUT2D eigenvalue weighted by Crippen LogP contribution is -2.26. The van der Waals surface area contributed by atoms with E-state index in [4.69, 9.17) is 20.9 Å². The molecule has 3 rings (SSSR count). The number of hydrogen-bond donors (Lipinski definition) is 3. The molecule has 8 heteroatoms. The van der Waals surface area contributed by atoms with Gasteiger partial charge in [-0.05, 0) is 6.07 Å². The number of benzene rings is 1. The third-order valence-corrected chi connectivity index (χ3v) is 3.80. The first-order valence-electron chi connectivity index (χ1n) is 6.98. The van der Waals surface area contributed by atoms with Gasteiger partial charge in [0.1, 0.15) is 11.6 Å². The van der Waals surface area contributed by atoms with Crippen molar-refractivity contribution in [1.82, 2.24) is 9.97 Å². The van der Waals surface area contributed by atoms with Gasteiger partial charge in [-0.2, -0.15) is 9.97 Å². The summed E-state index contributed by atoms with van der Waals surface area (Å²) in [6.45, 7) is 0. The smallest absolute Gasteiger partial charge is 0.226 e. The van der Waals surface area contributed by atoms with Crippen molar-refractivity contribution in [1.29, 1.82) is 0 Å². The number of fused-ring (bicyclic) bond motifs is 1. The zero-order valence-electron chi connectivity index (χ0n) is 12.8.